The highest BCUT2D eigenvalue weighted by molar-refractivity contribution is 6.74. The molecule has 0 spiro atoms. The fourth-order valence-corrected chi connectivity index (χ4v) is 5.90. The minimum absolute atomic E-state index is 0.0352. The first-order valence-corrected chi connectivity index (χ1v) is 20.0. The number of halogens is 2. The summed E-state index contributed by atoms with van der Waals surface area (Å²) in [5.41, 5.74) is 2.34. The van der Waals surface area contributed by atoms with Gasteiger partial charge in [0.1, 0.15) is 23.8 Å². The monoisotopic (exact) mass is 684 g/mol. The lowest BCUT2D eigenvalue weighted by Crippen LogP contribution is -2.44. The van der Waals surface area contributed by atoms with E-state index in [0.29, 0.717) is 56.6 Å². The number of aromatic nitrogens is 2. The summed E-state index contributed by atoms with van der Waals surface area (Å²) in [4.78, 5) is 19.8. The van der Waals surface area contributed by atoms with Crippen molar-refractivity contribution < 1.29 is 22.7 Å². The number of fused-ring (bicyclic) bond motifs is 2. The number of ether oxygens (including phenoxy) is 2. The van der Waals surface area contributed by atoms with Gasteiger partial charge >= 0.3 is 0 Å². The van der Waals surface area contributed by atoms with Gasteiger partial charge in [-0.25, -0.2) is 13.8 Å². The van der Waals surface area contributed by atoms with Crippen LogP contribution in [0, 0.1) is 47.5 Å². The standard InChI is InChI=1S/C23H30FNO2Si.C17H16FNO2/c1-15(2)20-21(26-13-12-16-8-9-16)18-14-17(24)10-11-19(18)25-22(20)27-28(6,7)23(3,4)5;1-10(2)15-16(21-8-7-11-3-4-11)13-9-12(18)5-6-14(13)19-17(15)20/h10-11,14-16H,8-9H2,1-7H3;5-6,9-11H,3-4H2,1-2H3,(H,19,20). The van der Waals surface area contributed by atoms with Crippen LogP contribution in [0.5, 0.6) is 17.4 Å². The van der Waals surface area contributed by atoms with E-state index >= 15 is 0 Å². The van der Waals surface area contributed by atoms with Crippen molar-refractivity contribution in [2.45, 2.75) is 104 Å². The van der Waals surface area contributed by atoms with E-state index in [2.05, 4.69) is 76.8 Å². The van der Waals surface area contributed by atoms with Gasteiger partial charge in [0, 0.05) is 22.6 Å². The van der Waals surface area contributed by atoms with Crippen molar-refractivity contribution in [2.75, 3.05) is 0 Å². The molecule has 0 saturated heterocycles. The summed E-state index contributed by atoms with van der Waals surface area (Å²) in [6.07, 6.45) is 9.96. The maximum Gasteiger partial charge on any atom is 0.255 e. The van der Waals surface area contributed by atoms with Crippen LogP contribution in [0.2, 0.25) is 18.1 Å². The van der Waals surface area contributed by atoms with E-state index in [1.54, 1.807) is 6.07 Å². The lowest BCUT2D eigenvalue weighted by molar-refractivity contribution is 0.456. The van der Waals surface area contributed by atoms with Crippen molar-refractivity contribution in [3.63, 3.8) is 0 Å². The normalized spacial score (nSPS) is 14.5. The maximum absolute atomic E-state index is 14.0. The van der Waals surface area contributed by atoms with Gasteiger partial charge in [-0.3, -0.25) is 4.79 Å². The lowest BCUT2D eigenvalue weighted by Gasteiger charge is -2.37. The third-order valence-corrected chi connectivity index (χ3v) is 13.5. The zero-order valence-corrected chi connectivity index (χ0v) is 30.9. The number of nitrogens with zero attached hydrogens (tertiary/aromatic N) is 1. The predicted molar refractivity (Wildman–Crippen MR) is 194 cm³/mol. The van der Waals surface area contributed by atoms with Crippen molar-refractivity contribution in [3.8, 4) is 41.4 Å². The summed E-state index contributed by atoms with van der Waals surface area (Å²) < 4.78 is 45.6. The number of rotatable bonds is 6. The second-order valence-electron chi connectivity index (χ2n) is 15.1. The van der Waals surface area contributed by atoms with E-state index in [-0.39, 0.29) is 34.1 Å². The van der Waals surface area contributed by atoms with Crippen LogP contribution in [-0.4, -0.2) is 18.3 Å². The summed E-state index contributed by atoms with van der Waals surface area (Å²) in [6.45, 7) is 18.9. The third kappa shape index (κ3) is 8.64. The van der Waals surface area contributed by atoms with Crippen LogP contribution in [0.1, 0.15) is 97.1 Å². The Morgan fingerprint density at radius 3 is 1.84 bits per heavy atom. The highest BCUT2D eigenvalue weighted by Gasteiger charge is 2.40. The smallest absolute Gasteiger partial charge is 0.255 e. The molecule has 49 heavy (non-hydrogen) atoms. The van der Waals surface area contributed by atoms with Gasteiger partial charge < -0.3 is 18.9 Å². The highest BCUT2D eigenvalue weighted by Crippen LogP contribution is 2.44. The summed E-state index contributed by atoms with van der Waals surface area (Å²) in [7, 11) is -2.11. The largest absolute Gasteiger partial charge is 0.530 e. The number of aromatic amines is 1. The van der Waals surface area contributed by atoms with Gasteiger partial charge in [0.2, 0.25) is 5.88 Å². The average Bonchev–Trinajstić information content (AvgIpc) is 3.93. The molecule has 2 aliphatic carbocycles. The Hall–Kier alpha value is -4.34. The molecule has 1 N–H and O–H groups in total. The minimum atomic E-state index is -2.11. The SMILES string of the molecule is CC(C)c1c(OC#CC2CC2)c2cc(F)ccc2[nH]c1=O.CC(C)c1c(O[Si](C)(C)C(C)(C)C)nc2ccc(F)cc2c1OC#CC1CC1. The Morgan fingerprint density at radius 2 is 1.33 bits per heavy atom. The molecular formula is C40H46F2N2O4Si. The third-order valence-electron chi connectivity index (χ3n) is 9.16. The van der Waals surface area contributed by atoms with Crippen molar-refractivity contribution in [2.24, 2.45) is 11.8 Å². The summed E-state index contributed by atoms with van der Waals surface area (Å²) in [6, 6.07) is 8.78. The van der Waals surface area contributed by atoms with Gasteiger partial charge in [0.15, 0.2) is 11.5 Å². The predicted octanol–water partition coefficient (Wildman–Crippen LogP) is 10.2. The molecule has 0 aliphatic heterocycles. The summed E-state index contributed by atoms with van der Waals surface area (Å²) in [5.74, 6) is 7.84. The lowest BCUT2D eigenvalue weighted by atomic mass is 10.0. The van der Waals surface area contributed by atoms with Crippen LogP contribution in [0.4, 0.5) is 8.78 Å². The number of nitrogens with one attached hydrogen (secondary N) is 1. The molecule has 0 radical (unpaired) electrons. The molecule has 2 aromatic heterocycles. The Balaban J connectivity index is 0.000000199. The Bertz CT molecular complexity index is 2050. The summed E-state index contributed by atoms with van der Waals surface area (Å²) in [5, 5.41) is 1.22. The first kappa shape index (κ1) is 36.0. The van der Waals surface area contributed by atoms with E-state index in [1.807, 2.05) is 13.8 Å². The molecule has 9 heteroatoms. The molecule has 2 fully saturated rings. The first-order valence-electron chi connectivity index (χ1n) is 17.1. The van der Waals surface area contributed by atoms with Crippen LogP contribution in [-0.2, 0) is 0 Å². The van der Waals surface area contributed by atoms with Crippen molar-refractivity contribution in [3.05, 3.63) is 69.5 Å². The maximum atomic E-state index is 14.0. The molecule has 2 aromatic carbocycles. The van der Waals surface area contributed by atoms with Crippen LogP contribution in [0.3, 0.4) is 0 Å². The van der Waals surface area contributed by atoms with Gasteiger partial charge in [-0.1, -0.05) is 60.3 Å². The molecule has 2 saturated carbocycles. The molecule has 0 amide bonds. The molecule has 258 valence electrons. The second kappa shape index (κ2) is 14.3. The van der Waals surface area contributed by atoms with Crippen LogP contribution in [0.25, 0.3) is 21.8 Å². The number of H-pyrrole nitrogens is 1. The van der Waals surface area contributed by atoms with Crippen molar-refractivity contribution in [1.82, 2.24) is 9.97 Å². The molecule has 6 nitrogen and oxygen atoms in total. The Kier molecular flexibility index (Phi) is 10.5. The summed E-state index contributed by atoms with van der Waals surface area (Å²) >= 11 is 0. The van der Waals surface area contributed by atoms with Crippen LogP contribution < -0.4 is 19.5 Å². The van der Waals surface area contributed by atoms with Crippen LogP contribution in [0.15, 0.2) is 41.2 Å². The molecule has 0 bridgehead atoms. The van der Waals surface area contributed by atoms with E-state index in [1.165, 1.54) is 30.3 Å². The second-order valence-corrected chi connectivity index (χ2v) is 19.9. The van der Waals surface area contributed by atoms with E-state index in [4.69, 9.17) is 18.9 Å². The topological polar surface area (TPSA) is 73.4 Å². The van der Waals surface area contributed by atoms with Crippen LogP contribution >= 0.6 is 0 Å². The van der Waals surface area contributed by atoms with Gasteiger partial charge in [-0.2, -0.15) is 0 Å². The number of benzene rings is 2. The molecule has 2 aliphatic rings. The van der Waals surface area contributed by atoms with Gasteiger partial charge in [0.25, 0.3) is 13.9 Å². The van der Waals surface area contributed by atoms with Crippen molar-refractivity contribution in [1.29, 1.82) is 0 Å². The molecule has 4 aromatic rings. The van der Waals surface area contributed by atoms with E-state index < -0.39 is 8.32 Å². The Morgan fingerprint density at radius 1 is 0.816 bits per heavy atom. The fourth-order valence-electron chi connectivity index (χ4n) is 4.96. The molecular weight excluding hydrogens is 639 g/mol. The van der Waals surface area contributed by atoms with Crippen molar-refractivity contribution >= 4 is 30.1 Å². The number of hydrogen-bond donors (Lipinski definition) is 1. The molecule has 2 heterocycles. The quantitative estimate of drug-likeness (QED) is 0.162. The van der Waals surface area contributed by atoms with Gasteiger partial charge in [-0.05, 0) is 92.0 Å². The van der Waals surface area contributed by atoms with Gasteiger partial charge in [0.05, 0.1) is 22.2 Å². The number of pyridine rings is 2. The zero-order chi connectivity index (χ0) is 35.7. The van der Waals surface area contributed by atoms with Gasteiger partial charge in [-0.15, -0.1) is 0 Å². The fraction of sp³-hybridized carbons (Fsp3) is 0.450. The molecule has 6 rings (SSSR count). The molecule has 0 unspecified atom stereocenters. The number of hydrogen-bond acceptors (Lipinski definition) is 5. The Labute approximate surface area is 289 Å². The van der Waals surface area contributed by atoms with E-state index in [0.717, 1.165) is 31.2 Å². The van der Waals surface area contributed by atoms with E-state index in [9.17, 15) is 13.6 Å². The molecule has 0 atom stereocenters. The first-order chi connectivity index (χ1) is 23.1. The highest BCUT2D eigenvalue weighted by atomic mass is 28.4. The minimum Gasteiger partial charge on any atom is -0.530 e. The average molecular weight is 685 g/mol. The zero-order valence-electron chi connectivity index (χ0n) is 29.9.